The minimum Gasteiger partial charge on any atom is -0.338 e. The zero-order valence-electron chi connectivity index (χ0n) is 14.7. The SMILES string of the molecule is O=C(N1CCCC1)N1CCC[C@@]2(CCN(Cc3cccnc3)C2=O)C1. The van der Waals surface area contributed by atoms with Crippen molar-refractivity contribution in [1.29, 1.82) is 0 Å². The molecule has 3 amide bonds. The van der Waals surface area contributed by atoms with Gasteiger partial charge in [0.15, 0.2) is 0 Å². The first kappa shape index (κ1) is 16.4. The van der Waals surface area contributed by atoms with Crippen LogP contribution >= 0.6 is 0 Å². The molecule has 3 saturated heterocycles. The molecule has 0 aromatic carbocycles. The van der Waals surface area contributed by atoms with Crippen molar-refractivity contribution >= 4 is 11.9 Å². The summed E-state index contributed by atoms with van der Waals surface area (Å²) >= 11 is 0. The smallest absolute Gasteiger partial charge is 0.320 e. The number of pyridine rings is 1. The van der Waals surface area contributed by atoms with Crippen LogP contribution in [-0.4, -0.2) is 64.3 Å². The van der Waals surface area contributed by atoms with E-state index in [2.05, 4.69) is 4.98 Å². The standard InChI is InChI=1S/C19H26N4O2/c24-17-19(7-12-22(17)14-16-5-3-8-20-13-16)6-4-11-23(15-19)18(25)21-9-1-2-10-21/h3,5,8,13H,1-2,4,6-7,9-12,14-15H2/t19-/m1/s1. The van der Waals surface area contributed by atoms with Crippen molar-refractivity contribution in [3.8, 4) is 0 Å². The van der Waals surface area contributed by atoms with Crippen LogP contribution in [0.4, 0.5) is 4.79 Å². The van der Waals surface area contributed by atoms with Crippen LogP contribution in [0.1, 0.15) is 37.7 Å². The van der Waals surface area contributed by atoms with E-state index >= 15 is 0 Å². The highest BCUT2D eigenvalue weighted by Crippen LogP contribution is 2.41. The Morgan fingerprint density at radius 3 is 2.64 bits per heavy atom. The topological polar surface area (TPSA) is 56.8 Å². The Hall–Kier alpha value is -2.11. The second kappa shape index (κ2) is 6.65. The lowest BCUT2D eigenvalue weighted by atomic mass is 9.78. The van der Waals surface area contributed by atoms with Gasteiger partial charge in [-0.1, -0.05) is 6.07 Å². The Bertz CT molecular complexity index is 644. The molecule has 3 fully saturated rings. The minimum atomic E-state index is -0.365. The maximum atomic E-state index is 13.1. The highest BCUT2D eigenvalue weighted by atomic mass is 16.2. The van der Waals surface area contributed by atoms with Crippen LogP contribution in [0, 0.1) is 5.41 Å². The predicted molar refractivity (Wildman–Crippen MR) is 93.7 cm³/mol. The molecule has 3 aliphatic rings. The first-order valence-corrected chi connectivity index (χ1v) is 9.40. The molecule has 6 heteroatoms. The van der Waals surface area contributed by atoms with E-state index in [0.29, 0.717) is 13.1 Å². The van der Waals surface area contributed by atoms with Crippen molar-refractivity contribution in [2.75, 3.05) is 32.7 Å². The van der Waals surface area contributed by atoms with Crippen LogP contribution in [-0.2, 0) is 11.3 Å². The third kappa shape index (κ3) is 3.10. The average molecular weight is 342 g/mol. The molecule has 1 atom stereocenters. The van der Waals surface area contributed by atoms with Gasteiger partial charge < -0.3 is 14.7 Å². The van der Waals surface area contributed by atoms with E-state index in [-0.39, 0.29) is 17.4 Å². The van der Waals surface area contributed by atoms with Crippen molar-refractivity contribution in [3.63, 3.8) is 0 Å². The van der Waals surface area contributed by atoms with Gasteiger partial charge in [-0.25, -0.2) is 4.79 Å². The molecule has 4 heterocycles. The number of amides is 3. The fourth-order valence-electron chi connectivity index (χ4n) is 4.54. The average Bonchev–Trinajstić information content (AvgIpc) is 3.28. The van der Waals surface area contributed by atoms with Crippen molar-refractivity contribution < 1.29 is 9.59 Å². The number of hydrogen-bond donors (Lipinski definition) is 0. The summed E-state index contributed by atoms with van der Waals surface area (Å²) in [4.78, 5) is 35.8. The molecule has 4 rings (SSSR count). The van der Waals surface area contributed by atoms with Gasteiger partial charge in [-0.05, 0) is 43.7 Å². The van der Waals surface area contributed by atoms with Gasteiger partial charge in [0.2, 0.25) is 5.91 Å². The molecule has 0 unspecified atom stereocenters. The molecule has 25 heavy (non-hydrogen) atoms. The van der Waals surface area contributed by atoms with Gasteiger partial charge in [0.05, 0.1) is 5.41 Å². The number of rotatable bonds is 2. The van der Waals surface area contributed by atoms with Crippen molar-refractivity contribution in [3.05, 3.63) is 30.1 Å². The molecule has 6 nitrogen and oxygen atoms in total. The van der Waals surface area contributed by atoms with Gasteiger partial charge in [0.25, 0.3) is 0 Å². The summed E-state index contributed by atoms with van der Waals surface area (Å²) in [6.07, 6.45) is 8.45. The van der Waals surface area contributed by atoms with Crippen LogP contribution in [0.2, 0.25) is 0 Å². The predicted octanol–water partition coefficient (Wildman–Crippen LogP) is 2.11. The summed E-state index contributed by atoms with van der Waals surface area (Å²) < 4.78 is 0. The van der Waals surface area contributed by atoms with Gasteiger partial charge >= 0.3 is 6.03 Å². The van der Waals surface area contributed by atoms with Crippen LogP contribution in [0.3, 0.4) is 0 Å². The fourth-order valence-corrected chi connectivity index (χ4v) is 4.54. The Kier molecular flexibility index (Phi) is 4.36. The fraction of sp³-hybridized carbons (Fsp3) is 0.632. The molecule has 3 aliphatic heterocycles. The Morgan fingerprint density at radius 2 is 1.88 bits per heavy atom. The molecule has 1 spiro atoms. The van der Waals surface area contributed by atoms with Crippen LogP contribution < -0.4 is 0 Å². The highest BCUT2D eigenvalue weighted by Gasteiger charge is 2.49. The molecular formula is C19H26N4O2. The lowest BCUT2D eigenvalue weighted by Gasteiger charge is -2.40. The number of carbonyl (C=O) groups excluding carboxylic acids is 2. The maximum Gasteiger partial charge on any atom is 0.320 e. The summed E-state index contributed by atoms with van der Waals surface area (Å²) in [6.45, 7) is 4.50. The van der Waals surface area contributed by atoms with Gasteiger partial charge in [0, 0.05) is 51.7 Å². The lowest BCUT2D eigenvalue weighted by molar-refractivity contribution is -0.138. The summed E-state index contributed by atoms with van der Waals surface area (Å²) in [5.74, 6) is 0.218. The molecule has 0 aliphatic carbocycles. The van der Waals surface area contributed by atoms with E-state index in [1.807, 2.05) is 33.0 Å². The number of aromatic nitrogens is 1. The van der Waals surface area contributed by atoms with Gasteiger partial charge in [-0.15, -0.1) is 0 Å². The maximum absolute atomic E-state index is 13.1. The quantitative estimate of drug-likeness (QED) is 0.827. The Morgan fingerprint density at radius 1 is 1.08 bits per heavy atom. The normalized spacial score (nSPS) is 26.7. The number of likely N-dealkylation sites (tertiary alicyclic amines) is 3. The third-order valence-electron chi connectivity index (χ3n) is 5.92. The molecule has 0 radical (unpaired) electrons. The summed E-state index contributed by atoms with van der Waals surface area (Å²) in [7, 11) is 0. The molecule has 1 aromatic heterocycles. The molecule has 1 aromatic rings. The number of hydrogen-bond acceptors (Lipinski definition) is 3. The van der Waals surface area contributed by atoms with E-state index in [9.17, 15) is 9.59 Å². The Labute approximate surface area is 148 Å². The first-order chi connectivity index (χ1) is 12.2. The molecule has 0 N–H and O–H groups in total. The third-order valence-corrected chi connectivity index (χ3v) is 5.92. The van der Waals surface area contributed by atoms with Gasteiger partial charge in [-0.3, -0.25) is 9.78 Å². The Balaban J connectivity index is 1.44. The van der Waals surface area contributed by atoms with E-state index in [4.69, 9.17) is 0 Å². The molecule has 0 saturated carbocycles. The van der Waals surface area contributed by atoms with Crippen molar-refractivity contribution in [2.24, 2.45) is 5.41 Å². The van der Waals surface area contributed by atoms with E-state index in [0.717, 1.165) is 63.8 Å². The van der Waals surface area contributed by atoms with E-state index in [1.165, 1.54) is 0 Å². The molecular weight excluding hydrogens is 316 g/mol. The summed E-state index contributed by atoms with van der Waals surface area (Å²) in [5, 5.41) is 0. The van der Waals surface area contributed by atoms with Crippen LogP contribution in [0.15, 0.2) is 24.5 Å². The second-order valence-electron chi connectivity index (χ2n) is 7.62. The molecule has 134 valence electrons. The zero-order chi connectivity index (χ0) is 17.3. The van der Waals surface area contributed by atoms with Gasteiger partial charge in [0.1, 0.15) is 0 Å². The van der Waals surface area contributed by atoms with Gasteiger partial charge in [-0.2, -0.15) is 0 Å². The number of carbonyl (C=O) groups is 2. The summed E-state index contributed by atoms with van der Waals surface area (Å²) in [6, 6.07) is 4.05. The monoisotopic (exact) mass is 342 g/mol. The number of piperidine rings is 1. The van der Waals surface area contributed by atoms with Crippen LogP contribution in [0.5, 0.6) is 0 Å². The van der Waals surface area contributed by atoms with Crippen LogP contribution in [0.25, 0.3) is 0 Å². The number of urea groups is 1. The van der Waals surface area contributed by atoms with Crippen molar-refractivity contribution in [1.82, 2.24) is 19.7 Å². The van der Waals surface area contributed by atoms with E-state index in [1.54, 1.807) is 6.20 Å². The highest BCUT2D eigenvalue weighted by molar-refractivity contribution is 5.86. The van der Waals surface area contributed by atoms with E-state index < -0.39 is 0 Å². The zero-order valence-corrected chi connectivity index (χ0v) is 14.7. The first-order valence-electron chi connectivity index (χ1n) is 9.40. The number of nitrogens with zero attached hydrogens (tertiary/aromatic N) is 4. The minimum absolute atomic E-state index is 0.134. The summed E-state index contributed by atoms with van der Waals surface area (Å²) in [5.41, 5.74) is 0.698. The largest absolute Gasteiger partial charge is 0.338 e. The second-order valence-corrected chi connectivity index (χ2v) is 7.62. The van der Waals surface area contributed by atoms with Crippen molar-refractivity contribution in [2.45, 2.75) is 38.6 Å². The molecule has 0 bridgehead atoms. The lowest BCUT2D eigenvalue weighted by Crippen LogP contribution is -2.52.